The molecule has 0 aromatic heterocycles. The van der Waals surface area contributed by atoms with Gasteiger partial charge in [-0.2, -0.15) is 4.72 Å². The highest BCUT2D eigenvalue weighted by atomic mass is 32.2. The molecule has 1 amide bonds. The second kappa shape index (κ2) is 12.1. The van der Waals surface area contributed by atoms with Crippen molar-refractivity contribution in [3.63, 3.8) is 0 Å². The summed E-state index contributed by atoms with van der Waals surface area (Å²) in [4.78, 5) is 23.4. The molecule has 1 saturated carbocycles. The number of nitrogens with one attached hydrogen (secondary N) is 2. The Kier molecular flexibility index (Phi) is 9.78. The highest BCUT2D eigenvalue weighted by Gasteiger charge is 2.26. The van der Waals surface area contributed by atoms with E-state index in [4.69, 9.17) is 0 Å². The SMILES string of the molecule is CCCCCNC(=O)CC[C@H](NS(=O)(=O)c1ccc(C2CCCCC2)cc1)C(=O)O. The van der Waals surface area contributed by atoms with Crippen molar-refractivity contribution in [2.45, 2.75) is 88.0 Å². The molecule has 2 rings (SSSR count). The Bertz CT molecular complexity index is 786. The molecule has 0 spiro atoms. The predicted molar refractivity (Wildman–Crippen MR) is 116 cm³/mol. The lowest BCUT2D eigenvalue weighted by atomic mass is 9.84. The quantitative estimate of drug-likeness (QED) is 0.432. The molecule has 0 unspecified atom stereocenters. The average molecular weight is 439 g/mol. The van der Waals surface area contributed by atoms with Gasteiger partial charge in [-0.15, -0.1) is 0 Å². The Hall–Kier alpha value is -1.93. The smallest absolute Gasteiger partial charge is 0.321 e. The van der Waals surface area contributed by atoms with Gasteiger partial charge in [-0.3, -0.25) is 9.59 Å². The van der Waals surface area contributed by atoms with E-state index < -0.39 is 22.0 Å². The Morgan fingerprint density at radius 2 is 1.77 bits per heavy atom. The number of carboxylic acid groups (broad SMARTS) is 1. The minimum atomic E-state index is -3.99. The van der Waals surface area contributed by atoms with Gasteiger partial charge in [0.15, 0.2) is 0 Å². The number of sulfonamides is 1. The van der Waals surface area contributed by atoms with Gasteiger partial charge in [0.05, 0.1) is 4.90 Å². The van der Waals surface area contributed by atoms with Gasteiger partial charge in [-0.25, -0.2) is 8.42 Å². The molecule has 1 aliphatic rings. The van der Waals surface area contributed by atoms with Crippen LogP contribution in [0.5, 0.6) is 0 Å². The van der Waals surface area contributed by atoms with Crippen LogP contribution in [0.3, 0.4) is 0 Å². The zero-order valence-corrected chi connectivity index (χ0v) is 18.5. The van der Waals surface area contributed by atoms with Crippen molar-refractivity contribution < 1.29 is 23.1 Å². The van der Waals surface area contributed by atoms with Gasteiger partial charge in [0.25, 0.3) is 0 Å². The lowest BCUT2D eigenvalue weighted by Gasteiger charge is -2.22. The number of hydrogen-bond acceptors (Lipinski definition) is 4. The van der Waals surface area contributed by atoms with E-state index >= 15 is 0 Å². The zero-order valence-electron chi connectivity index (χ0n) is 17.7. The second-order valence-corrected chi connectivity index (χ2v) is 9.73. The standard InChI is InChI=1S/C22H34N2O5S/c1-2-3-7-16-23-21(25)15-14-20(22(26)27)24-30(28,29)19-12-10-18(11-13-19)17-8-5-4-6-9-17/h10-13,17,20,24H,2-9,14-16H2,1H3,(H,23,25)(H,26,27)/t20-/m0/s1. The van der Waals surface area contributed by atoms with Gasteiger partial charge in [-0.1, -0.05) is 51.2 Å². The molecular weight excluding hydrogens is 404 g/mol. The van der Waals surface area contributed by atoms with Crippen LogP contribution < -0.4 is 10.0 Å². The summed E-state index contributed by atoms with van der Waals surface area (Å²) < 4.78 is 27.5. The Morgan fingerprint density at radius 1 is 1.10 bits per heavy atom. The van der Waals surface area contributed by atoms with Crippen molar-refractivity contribution >= 4 is 21.9 Å². The third kappa shape index (κ3) is 7.72. The van der Waals surface area contributed by atoms with Crippen LogP contribution >= 0.6 is 0 Å². The van der Waals surface area contributed by atoms with Crippen LogP contribution in [-0.2, 0) is 19.6 Å². The summed E-state index contributed by atoms with van der Waals surface area (Å²) in [5.74, 6) is -1.10. The Labute approximate surface area is 179 Å². The molecule has 1 aliphatic carbocycles. The number of aliphatic carboxylic acids is 1. The maximum atomic E-state index is 12.6. The third-order valence-electron chi connectivity index (χ3n) is 5.63. The molecule has 8 heteroatoms. The lowest BCUT2D eigenvalue weighted by Crippen LogP contribution is -2.41. The molecule has 1 aromatic carbocycles. The fourth-order valence-electron chi connectivity index (χ4n) is 3.81. The minimum absolute atomic E-state index is 0.0392. The Morgan fingerprint density at radius 3 is 2.37 bits per heavy atom. The molecule has 0 bridgehead atoms. The summed E-state index contributed by atoms with van der Waals surface area (Å²) >= 11 is 0. The monoisotopic (exact) mass is 438 g/mol. The highest BCUT2D eigenvalue weighted by molar-refractivity contribution is 7.89. The van der Waals surface area contributed by atoms with Gasteiger partial charge in [0, 0.05) is 13.0 Å². The fraction of sp³-hybridized carbons (Fsp3) is 0.636. The number of unbranched alkanes of at least 4 members (excludes halogenated alkanes) is 2. The van der Waals surface area contributed by atoms with Crippen molar-refractivity contribution in [3.8, 4) is 0 Å². The summed E-state index contributed by atoms with van der Waals surface area (Å²) in [6.45, 7) is 2.61. The fourth-order valence-corrected chi connectivity index (χ4v) is 5.03. The molecule has 7 nitrogen and oxygen atoms in total. The zero-order chi connectivity index (χ0) is 22.0. The van der Waals surface area contributed by atoms with Crippen molar-refractivity contribution in [1.82, 2.24) is 10.0 Å². The molecule has 1 aromatic rings. The van der Waals surface area contributed by atoms with Crippen LogP contribution in [0, 0.1) is 0 Å². The van der Waals surface area contributed by atoms with E-state index in [0.29, 0.717) is 12.5 Å². The summed E-state index contributed by atoms with van der Waals surface area (Å²) in [7, 11) is -3.99. The number of benzene rings is 1. The highest BCUT2D eigenvalue weighted by Crippen LogP contribution is 2.32. The molecule has 30 heavy (non-hydrogen) atoms. The molecule has 0 saturated heterocycles. The van der Waals surface area contributed by atoms with E-state index in [1.165, 1.54) is 31.4 Å². The lowest BCUT2D eigenvalue weighted by molar-refractivity contribution is -0.139. The third-order valence-corrected chi connectivity index (χ3v) is 7.11. The topological polar surface area (TPSA) is 113 Å². The van der Waals surface area contributed by atoms with Gasteiger partial charge >= 0.3 is 5.97 Å². The van der Waals surface area contributed by atoms with E-state index in [1.54, 1.807) is 0 Å². The molecule has 168 valence electrons. The Balaban J connectivity index is 1.93. The summed E-state index contributed by atoms with van der Waals surface area (Å²) in [5, 5.41) is 12.1. The normalized spacial score (nSPS) is 16.2. The maximum Gasteiger partial charge on any atom is 0.321 e. The van der Waals surface area contributed by atoms with Crippen LogP contribution in [-0.4, -0.2) is 38.0 Å². The number of carbonyl (C=O) groups excluding carboxylic acids is 1. The molecule has 0 heterocycles. The van der Waals surface area contributed by atoms with E-state index in [1.807, 2.05) is 12.1 Å². The number of rotatable bonds is 12. The molecule has 1 fully saturated rings. The number of carbonyl (C=O) groups is 2. The summed E-state index contributed by atoms with van der Waals surface area (Å²) in [6, 6.07) is 5.36. The van der Waals surface area contributed by atoms with Crippen LogP contribution in [0.2, 0.25) is 0 Å². The molecule has 3 N–H and O–H groups in total. The van der Waals surface area contributed by atoms with Crippen LogP contribution in [0.15, 0.2) is 29.2 Å². The van der Waals surface area contributed by atoms with Crippen LogP contribution in [0.25, 0.3) is 0 Å². The van der Waals surface area contributed by atoms with E-state index in [2.05, 4.69) is 17.0 Å². The maximum absolute atomic E-state index is 12.6. The largest absolute Gasteiger partial charge is 0.480 e. The second-order valence-electron chi connectivity index (χ2n) is 8.01. The summed E-state index contributed by atoms with van der Waals surface area (Å²) in [5.41, 5.74) is 1.13. The average Bonchev–Trinajstić information content (AvgIpc) is 2.74. The van der Waals surface area contributed by atoms with Crippen LogP contribution in [0.4, 0.5) is 0 Å². The van der Waals surface area contributed by atoms with Crippen molar-refractivity contribution in [3.05, 3.63) is 29.8 Å². The van der Waals surface area contributed by atoms with Gasteiger partial charge < -0.3 is 10.4 Å². The molecule has 0 aliphatic heterocycles. The van der Waals surface area contributed by atoms with Gasteiger partial charge in [-0.05, 0) is 49.3 Å². The van der Waals surface area contributed by atoms with Crippen molar-refractivity contribution in [2.24, 2.45) is 0 Å². The first-order chi connectivity index (χ1) is 14.3. The molecular formula is C22H34N2O5S. The minimum Gasteiger partial charge on any atom is -0.480 e. The molecule has 1 atom stereocenters. The first-order valence-electron chi connectivity index (χ1n) is 10.9. The number of hydrogen-bond donors (Lipinski definition) is 3. The van der Waals surface area contributed by atoms with Crippen molar-refractivity contribution in [1.29, 1.82) is 0 Å². The van der Waals surface area contributed by atoms with Gasteiger partial charge in [0.2, 0.25) is 15.9 Å². The molecule has 0 radical (unpaired) electrons. The van der Waals surface area contributed by atoms with E-state index in [0.717, 1.165) is 37.7 Å². The van der Waals surface area contributed by atoms with E-state index in [-0.39, 0.29) is 23.6 Å². The first-order valence-corrected chi connectivity index (χ1v) is 12.4. The van der Waals surface area contributed by atoms with E-state index in [9.17, 15) is 23.1 Å². The van der Waals surface area contributed by atoms with Gasteiger partial charge in [0.1, 0.15) is 6.04 Å². The number of amides is 1. The first kappa shape index (κ1) is 24.3. The van der Waals surface area contributed by atoms with Crippen molar-refractivity contribution in [2.75, 3.05) is 6.54 Å². The van der Waals surface area contributed by atoms with Crippen LogP contribution in [0.1, 0.15) is 82.6 Å². The predicted octanol–water partition coefficient (Wildman–Crippen LogP) is 3.55. The summed E-state index contributed by atoms with van der Waals surface area (Å²) in [6.07, 6.45) is 8.64. The number of carboxylic acids is 1.